The van der Waals surface area contributed by atoms with Gasteiger partial charge in [0.1, 0.15) is 22.4 Å². The van der Waals surface area contributed by atoms with Crippen molar-refractivity contribution in [2.45, 2.75) is 43.7 Å². The molecule has 2 atom stereocenters. The molecule has 1 amide bonds. The minimum atomic E-state index is -3.89. The summed E-state index contributed by atoms with van der Waals surface area (Å²) in [5.41, 5.74) is 0.781. The van der Waals surface area contributed by atoms with E-state index in [1.807, 2.05) is 11.8 Å². The molecule has 0 spiro atoms. The van der Waals surface area contributed by atoms with E-state index < -0.39 is 16.1 Å². The van der Waals surface area contributed by atoms with Crippen molar-refractivity contribution < 1.29 is 22.7 Å². The van der Waals surface area contributed by atoms with E-state index in [1.54, 1.807) is 13.0 Å². The molecule has 8 heteroatoms. The highest BCUT2D eigenvalue weighted by molar-refractivity contribution is 7.89. The number of nitrogens with zero attached hydrogens (tertiary/aromatic N) is 2. The molecule has 0 saturated carbocycles. The molecule has 7 nitrogen and oxygen atoms in total. The Bertz CT molecular complexity index is 792. The third kappa shape index (κ3) is 2.87. The molecule has 0 aliphatic carbocycles. The van der Waals surface area contributed by atoms with Gasteiger partial charge in [-0.3, -0.25) is 4.79 Å². The first-order valence-electron chi connectivity index (χ1n) is 8.36. The first-order chi connectivity index (χ1) is 11.8. The van der Waals surface area contributed by atoms with Gasteiger partial charge >= 0.3 is 0 Å². The highest BCUT2D eigenvalue weighted by atomic mass is 32.2. The molecule has 3 rings (SSSR count). The second-order valence-electron chi connectivity index (χ2n) is 6.55. The summed E-state index contributed by atoms with van der Waals surface area (Å²) in [6.45, 7) is 4.49. The van der Waals surface area contributed by atoms with E-state index in [1.165, 1.54) is 24.6 Å². The highest BCUT2D eigenvalue weighted by Crippen LogP contribution is 2.36. The molecular formula is C17H24N2O5S. The molecule has 2 aliphatic rings. The summed E-state index contributed by atoms with van der Waals surface area (Å²) in [5, 5.41) is 0. The van der Waals surface area contributed by atoms with Crippen molar-refractivity contribution in [2.24, 2.45) is 0 Å². The number of carbonyl (C=O) groups excluding carboxylic acids is 1. The van der Waals surface area contributed by atoms with Gasteiger partial charge in [-0.05, 0) is 38.3 Å². The monoisotopic (exact) mass is 368 g/mol. The molecule has 2 aliphatic heterocycles. The zero-order chi connectivity index (χ0) is 18.4. The fourth-order valence-corrected chi connectivity index (χ4v) is 5.48. The average Bonchev–Trinajstić information content (AvgIpc) is 3.06. The van der Waals surface area contributed by atoms with Crippen LogP contribution in [0.3, 0.4) is 0 Å². The lowest BCUT2D eigenvalue weighted by Crippen LogP contribution is -2.59. The number of sulfonamides is 1. The maximum atomic E-state index is 13.3. The Morgan fingerprint density at radius 1 is 1.16 bits per heavy atom. The Balaban J connectivity index is 2.05. The summed E-state index contributed by atoms with van der Waals surface area (Å²) in [6, 6.07) is 2.35. The van der Waals surface area contributed by atoms with Gasteiger partial charge in [-0.1, -0.05) is 0 Å². The largest absolute Gasteiger partial charge is 0.496 e. The van der Waals surface area contributed by atoms with E-state index in [4.69, 9.17) is 9.47 Å². The third-order valence-corrected chi connectivity index (χ3v) is 7.07. The van der Waals surface area contributed by atoms with Crippen molar-refractivity contribution >= 4 is 15.9 Å². The summed E-state index contributed by atoms with van der Waals surface area (Å²) in [7, 11) is -0.965. The van der Waals surface area contributed by atoms with Crippen LogP contribution in [-0.2, 0) is 14.8 Å². The standard InChI is InChI=1S/C17H24N2O5S/c1-11-8-15(24-4)16(9-14(11)23-3)25(21,22)19-10-13-6-5-7-18(13)17(20)12(19)2/h8-9,12-13H,5-7,10H2,1-4H3. The molecule has 25 heavy (non-hydrogen) atoms. The number of hydrogen-bond acceptors (Lipinski definition) is 5. The molecule has 0 aromatic heterocycles. The fraction of sp³-hybridized carbons (Fsp3) is 0.588. The number of ether oxygens (including phenoxy) is 2. The van der Waals surface area contributed by atoms with E-state index in [2.05, 4.69) is 0 Å². The van der Waals surface area contributed by atoms with Gasteiger partial charge in [0.25, 0.3) is 0 Å². The summed E-state index contributed by atoms with van der Waals surface area (Å²) in [4.78, 5) is 14.4. The molecule has 1 aromatic carbocycles. The first kappa shape index (κ1) is 18.0. The molecule has 0 radical (unpaired) electrons. The van der Waals surface area contributed by atoms with Crippen LogP contribution in [0, 0.1) is 6.92 Å². The summed E-state index contributed by atoms with van der Waals surface area (Å²) < 4.78 is 38.5. The van der Waals surface area contributed by atoms with E-state index in [9.17, 15) is 13.2 Å². The number of benzene rings is 1. The molecule has 0 bridgehead atoms. The lowest BCUT2D eigenvalue weighted by atomic mass is 10.1. The van der Waals surface area contributed by atoms with Crippen molar-refractivity contribution in [3.63, 3.8) is 0 Å². The SMILES string of the molecule is COc1cc(S(=O)(=O)N2CC3CCCN3C(=O)C2C)c(OC)cc1C. The minimum Gasteiger partial charge on any atom is -0.496 e. The van der Waals surface area contributed by atoms with Crippen LogP contribution in [0.15, 0.2) is 17.0 Å². The quantitative estimate of drug-likeness (QED) is 0.803. The predicted molar refractivity (Wildman–Crippen MR) is 92.4 cm³/mol. The number of fused-ring (bicyclic) bond motifs is 1. The van der Waals surface area contributed by atoms with E-state index in [-0.39, 0.29) is 22.6 Å². The summed E-state index contributed by atoms with van der Waals surface area (Å²) in [5.74, 6) is 0.597. The van der Waals surface area contributed by atoms with Crippen LogP contribution < -0.4 is 9.47 Å². The molecule has 2 heterocycles. The third-order valence-electron chi connectivity index (χ3n) is 5.11. The Morgan fingerprint density at radius 2 is 1.84 bits per heavy atom. The number of methoxy groups -OCH3 is 2. The molecule has 0 N–H and O–H groups in total. The van der Waals surface area contributed by atoms with Crippen LogP contribution in [0.1, 0.15) is 25.3 Å². The Kier molecular flexibility index (Phi) is 4.68. The van der Waals surface area contributed by atoms with Crippen LogP contribution in [-0.4, -0.2) is 62.9 Å². The summed E-state index contributed by atoms with van der Waals surface area (Å²) >= 11 is 0. The van der Waals surface area contributed by atoms with Crippen molar-refractivity contribution in [1.29, 1.82) is 0 Å². The van der Waals surface area contributed by atoms with Gasteiger partial charge in [0.15, 0.2) is 0 Å². The second kappa shape index (κ2) is 6.49. The Hall–Kier alpha value is -1.80. The van der Waals surface area contributed by atoms with Crippen LogP contribution in [0.4, 0.5) is 0 Å². The van der Waals surface area contributed by atoms with Crippen molar-refractivity contribution in [3.8, 4) is 11.5 Å². The zero-order valence-electron chi connectivity index (χ0n) is 15.0. The van der Waals surface area contributed by atoms with E-state index in [0.29, 0.717) is 18.8 Å². The van der Waals surface area contributed by atoms with E-state index in [0.717, 1.165) is 18.4 Å². The maximum absolute atomic E-state index is 13.3. The first-order valence-corrected chi connectivity index (χ1v) is 9.80. The molecule has 2 unspecified atom stereocenters. The molecule has 2 saturated heterocycles. The van der Waals surface area contributed by atoms with Crippen molar-refractivity contribution in [3.05, 3.63) is 17.7 Å². The number of hydrogen-bond donors (Lipinski definition) is 0. The van der Waals surface area contributed by atoms with Gasteiger partial charge in [-0.15, -0.1) is 0 Å². The lowest BCUT2D eigenvalue weighted by Gasteiger charge is -2.40. The smallest absolute Gasteiger partial charge is 0.247 e. The number of carbonyl (C=O) groups is 1. The predicted octanol–water partition coefficient (Wildman–Crippen LogP) is 1.40. The number of piperazine rings is 1. The van der Waals surface area contributed by atoms with Crippen LogP contribution in [0.2, 0.25) is 0 Å². The second-order valence-corrected chi connectivity index (χ2v) is 8.41. The Morgan fingerprint density at radius 3 is 2.48 bits per heavy atom. The zero-order valence-corrected chi connectivity index (χ0v) is 15.8. The van der Waals surface area contributed by atoms with Crippen molar-refractivity contribution in [2.75, 3.05) is 27.3 Å². The van der Waals surface area contributed by atoms with Gasteiger partial charge < -0.3 is 14.4 Å². The number of rotatable bonds is 4. The van der Waals surface area contributed by atoms with Gasteiger partial charge in [-0.2, -0.15) is 4.31 Å². The van der Waals surface area contributed by atoms with Gasteiger partial charge in [0, 0.05) is 25.2 Å². The lowest BCUT2D eigenvalue weighted by molar-refractivity contribution is -0.139. The van der Waals surface area contributed by atoms with Crippen molar-refractivity contribution in [1.82, 2.24) is 9.21 Å². The maximum Gasteiger partial charge on any atom is 0.247 e. The van der Waals surface area contributed by atoms with Gasteiger partial charge in [0.05, 0.1) is 14.2 Å². The van der Waals surface area contributed by atoms with E-state index >= 15 is 0 Å². The number of amides is 1. The molecule has 138 valence electrons. The highest BCUT2D eigenvalue weighted by Gasteiger charge is 2.46. The van der Waals surface area contributed by atoms with Gasteiger partial charge in [-0.25, -0.2) is 8.42 Å². The average molecular weight is 368 g/mol. The Labute approximate surface area is 148 Å². The minimum absolute atomic E-state index is 0.0311. The molecule has 2 fully saturated rings. The number of aryl methyl sites for hydroxylation is 1. The van der Waals surface area contributed by atoms with Crippen LogP contribution in [0.25, 0.3) is 0 Å². The topological polar surface area (TPSA) is 76.2 Å². The summed E-state index contributed by atoms with van der Waals surface area (Å²) in [6.07, 6.45) is 1.75. The molecule has 1 aromatic rings. The normalized spacial score (nSPS) is 24.3. The van der Waals surface area contributed by atoms with Crippen LogP contribution >= 0.6 is 0 Å². The fourth-order valence-electron chi connectivity index (χ4n) is 3.70. The molecular weight excluding hydrogens is 344 g/mol. The van der Waals surface area contributed by atoms with Gasteiger partial charge in [0.2, 0.25) is 15.9 Å². The van der Waals surface area contributed by atoms with Crippen LogP contribution in [0.5, 0.6) is 11.5 Å².